The summed E-state index contributed by atoms with van der Waals surface area (Å²) in [5.74, 6) is 0.365. The molecule has 0 aliphatic heterocycles. The van der Waals surface area contributed by atoms with Gasteiger partial charge in [-0.2, -0.15) is 0 Å². The van der Waals surface area contributed by atoms with E-state index in [1.165, 1.54) is 6.33 Å². The molecule has 90 valence electrons. The SMILES string of the molecule is CC(O)CNCCNc1nc[nH]c(=O)c1Cl. The van der Waals surface area contributed by atoms with Gasteiger partial charge in [-0.15, -0.1) is 0 Å². The van der Waals surface area contributed by atoms with E-state index >= 15 is 0 Å². The van der Waals surface area contributed by atoms with E-state index in [4.69, 9.17) is 16.7 Å². The van der Waals surface area contributed by atoms with Crippen LogP contribution in [0, 0.1) is 0 Å². The van der Waals surface area contributed by atoms with Gasteiger partial charge in [-0.05, 0) is 6.92 Å². The predicted octanol–water partition coefficient (Wildman–Crippen LogP) is -0.194. The zero-order chi connectivity index (χ0) is 12.0. The first-order chi connectivity index (χ1) is 7.61. The van der Waals surface area contributed by atoms with Crippen LogP contribution in [0.4, 0.5) is 5.82 Å². The highest BCUT2D eigenvalue weighted by Crippen LogP contribution is 2.10. The van der Waals surface area contributed by atoms with Crippen molar-refractivity contribution in [2.45, 2.75) is 13.0 Å². The van der Waals surface area contributed by atoms with E-state index in [9.17, 15) is 4.79 Å². The molecule has 0 saturated heterocycles. The summed E-state index contributed by atoms with van der Waals surface area (Å²) in [6.45, 7) is 3.45. The molecule has 1 atom stereocenters. The number of anilines is 1. The zero-order valence-corrected chi connectivity index (χ0v) is 9.71. The first-order valence-electron chi connectivity index (χ1n) is 4.97. The monoisotopic (exact) mass is 246 g/mol. The summed E-state index contributed by atoms with van der Waals surface area (Å²) in [6.07, 6.45) is 0.918. The quantitative estimate of drug-likeness (QED) is 0.522. The number of nitrogens with one attached hydrogen (secondary N) is 3. The maximum Gasteiger partial charge on any atom is 0.271 e. The molecule has 1 rings (SSSR count). The lowest BCUT2D eigenvalue weighted by atomic mass is 10.4. The molecule has 0 saturated carbocycles. The summed E-state index contributed by atoms with van der Waals surface area (Å²) in [7, 11) is 0. The van der Waals surface area contributed by atoms with E-state index in [-0.39, 0.29) is 16.7 Å². The Morgan fingerprint density at radius 3 is 3.06 bits per heavy atom. The van der Waals surface area contributed by atoms with E-state index < -0.39 is 0 Å². The van der Waals surface area contributed by atoms with Crippen LogP contribution in [-0.4, -0.2) is 40.8 Å². The van der Waals surface area contributed by atoms with Crippen molar-refractivity contribution in [3.63, 3.8) is 0 Å². The van der Waals surface area contributed by atoms with Crippen LogP contribution >= 0.6 is 11.6 Å². The van der Waals surface area contributed by atoms with Gasteiger partial charge in [-0.3, -0.25) is 4.79 Å². The first-order valence-corrected chi connectivity index (χ1v) is 5.35. The van der Waals surface area contributed by atoms with Crippen LogP contribution in [-0.2, 0) is 0 Å². The average Bonchev–Trinajstić information content (AvgIpc) is 2.23. The van der Waals surface area contributed by atoms with Gasteiger partial charge in [0.05, 0.1) is 12.4 Å². The highest BCUT2D eigenvalue weighted by Gasteiger charge is 2.04. The number of hydrogen-bond donors (Lipinski definition) is 4. The maximum atomic E-state index is 11.1. The van der Waals surface area contributed by atoms with Crippen LogP contribution in [0.1, 0.15) is 6.92 Å². The molecule has 0 aliphatic rings. The molecule has 16 heavy (non-hydrogen) atoms. The minimum atomic E-state index is -0.374. The molecular weight excluding hydrogens is 232 g/mol. The van der Waals surface area contributed by atoms with Crippen molar-refractivity contribution in [1.82, 2.24) is 15.3 Å². The van der Waals surface area contributed by atoms with E-state index in [0.29, 0.717) is 25.5 Å². The lowest BCUT2D eigenvalue weighted by Crippen LogP contribution is -2.29. The number of halogens is 1. The Bertz CT molecular complexity index is 380. The van der Waals surface area contributed by atoms with Crippen LogP contribution in [0.5, 0.6) is 0 Å². The highest BCUT2D eigenvalue weighted by molar-refractivity contribution is 6.32. The standard InChI is InChI=1S/C9H15ClN4O2/c1-6(15)4-11-2-3-12-8-7(10)9(16)14-5-13-8/h5-6,11,15H,2-4H2,1H3,(H2,12,13,14,16). The van der Waals surface area contributed by atoms with Crippen molar-refractivity contribution in [2.75, 3.05) is 25.0 Å². The van der Waals surface area contributed by atoms with Crippen LogP contribution in [0.15, 0.2) is 11.1 Å². The molecule has 0 fully saturated rings. The molecule has 0 radical (unpaired) electrons. The molecule has 1 unspecified atom stereocenters. The summed E-state index contributed by atoms with van der Waals surface area (Å²) >= 11 is 5.73. The van der Waals surface area contributed by atoms with Gasteiger partial charge in [0, 0.05) is 19.6 Å². The fourth-order valence-electron chi connectivity index (χ4n) is 1.09. The summed E-state index contributed by atoms with van der Waals surface area (Å²) in [5.41, 5.74) is -0.365. The number of aliphatic hydroxyl groups excluding tert-OH is 1. The third-order valence-corrected chi connectivity index (χ3v) is 2.18. The van der Waals surface area contributed by atoms with Gasteiger partial charge >= 0.3 is 0 Å². The fraction of sp³-hybridized carbons (Fsp3) is 0.556. The number of hydrogen-bond acceptors (Lipinski definition) is 5. The Hall–Kier alpha value is -1.11. The average molecular weight is 247 g/mol. The first kappa shape index (κ1) is 13.0. The lowest BCUT2D eigenvalue weighted by Gasteiger charge is -2.08. The van der Waals surface area contributed by atoms with Gasteiger partial charge in [0.1, 0.15) is 5.02 Å². The van der Waals surface area contributed by atoms with Gasteiger partial charge in [-0.25, -0.2) is 4.98 Å². The van der Waals surface area contributed by atoms with Crippen molar-refractivity contribution in [3.05, 3.63) is 21.7 Å². The van der Waals surface area contributed by atoms with Gasteiger partial charge in [0.15, 0.2) is 5.82 Å². The molecule has 4 N–H and O–H groups in total. The molecule has 6 nitrogen and oxygen atoms in total. The van der Waals surface area contributed by atoms with Gasteiger partial charge in [0.2, 0.25) is 0 Å². The summed E-state index contributed by atoms with van der Waals surface area (Å²) < 4.78 is 0. The Morgan fingerprint density at radius 1 is 1.62 bits per heavy atom. The Kier molecular flexibility index (Phi) is 5.24. The maximum absolute atomic E-state index is 11.1. The summed E-state index contributed by atoms with van der Waals surface area (Å²) in [6, 6.07) is 0. The number of aromatic nitrogens is 2. The number of aliphatic hydroxyl groups is 1. The largest absolute Gasteiger partial charge is 0.392 e. The van der Waals surface area contributed by atoms with Crippen LogP contribution in [0.3, 0.4) is 0 Å². The van der Waals surface area contributed by atoms with E-state index in [2.05, 4.69) is 20.6 Å². The highest BCUT2D eigenvalue weighted by atomic mass is 35.5. The van der Waals surface area contributed by atoms with Gasteiger partial charge in [0.25, 0.3) is 5.56 Å². The van der Waals surface area contributed by atoms with Crippen molar-refractivity contribution >= 4 is 17.4 Å². The molecule has 0 amide bonds. The van der Waals surface area contributed by atoms with Crippen molar-refractivity contribution < 1.29 is 5.11 Å². The molecule has 0 bridgehead atoms. The van der Waals surface area contributed by atoms with E-state index in [1.54, 1.807) is 6.92 Å². The minimum Gasteiger partial charge on any atom is -0.392 e. The fourth-order valence-corrected chi connectivity index (χ4v) is 1.26. The van der Waals surface area contributed by atoms with Crippen molar-refractivity contribution in [3.8, 4) is 0 Å². The van der Waals surface area contributed by atoms with E-state index in [1.807, 2.05) is 0 Å². The predicted molar refractivity (Wildman–Crippen MR) is 62.9 cm³/mol. The lowest BCUT2D eigenvalue weighted by molar-refractivity contribution is 0.192. The number of rotatable bonds is 6. The molecule has 1 aromatic rings. The number of nitrogens with zero attached hydrogens (tertiary/aromatic N) is 1. The summed E-state index contributed by atoms with van der Waals surface area (Å²) in [4.78, 5) is 17.4. The molecule has 0 spiro atoms. The summed E-state index contributed by atoms with van der Waals surface area (Å²) in [5, 5.41) is 15.0. The van der Waals surface area contributed by atoms with Crippen LogP contribution < -0.4 is 16.2 Å². The molecule has 1 aromatic heterocycles. The second-order valence-corrected chi connectivity index (χ2v) is 3.75. The molecule has 0 aliphatic carbocycles. The molecule has 7 heteroatoms. The van der Waals surface area contributed by atoms with Crippen LogP contribution in [0.2, 0.25) is 5.02 Å². The zero-order valence-electron chi connectivity index (χ0n) is 8.96. The third-order valence-electron chi connectivity index (χ3n) is 1.83. The normalized spacial score (nSPS) is 12.4. The Morgan fingerprint density at radius 2 is 2.38 bits per heavy atom. The van der Waals surface area contributed by atoms with Crippen LogP contribution in [0.25, 0.3) is 0 Å². The smallest absolute Gasteiger partial charge is 0.271 e. The Balaban J connectivity index is 2.32. The number of H-pyrrole nitrogens is 1. The van der Waals surface area contributed by atoms with Crippen molar-refractivity contribution in [2.24, 2.45) is 0 Å². The van der Waals surface area contributed by atoms with Crippen molar-refractivity contribution in [1.29, 1.82) is 0 Å². The second-order valence-electron chi connectivity index (χ2n) is 3.37. The third kappa shape index (κ3) is 4.18. The van der Waals surface area contributed by atoms with Gasteiger partial charge < -0.3 is 20.7 Å². The molecule has 0 aromatic carbocycles. The molecular formula is C9H15ClN4O2. The minimum absolute atomic E-state index is 0.0537. The van der Waals surface area contributed by atoms with Gasteiger partial charge in [-0.1, -0.05) is 11.6 Å². The topological polar surface area (TPSA) is 90.0 Å². The number of aromatic amines is 1. The molecule has 1 heterocycles. The second kappa shape index (κ2) is 6.47. The van der Waals surface area contributed by atoms with E-state index in [0.717, 1.165) is 0 Å². The Labute approximate surface area is 98.1 Å².